The van der Waals surface area contributed by atoms with Crippen LogP contribution in [0.4, 0.5) is 9.59 Å². The number of aliphatic hydroxyl groups excluding tert-OH is 1. The molecule has 0 aliphatic heterocycles. The zero-order chi connectivity index (χ0) is 44.1. The second-order valence-electron chi connectivity index (χ2n) is 16.4. The van der Waals surface area contributed by atoms with Crippen molar-refractivity contribution in [3.8, 4) is 11.3 Å². The Hall–Kier alpha value is -5.13. The van der Waals surface area contributed by atoms with Gasteiger partial charge >= 0.3 is 12.2 Å². The summed E-state index contributed by atoms with van der Waals surface area (Å²) in [6, 6.07) is 19.7. The molecule has 16 nitrogen and oxygen atoms in total. The minimum absolute atomic E-state index is 0.0453. The number of hydrogen-bond acceptors (Lipinski definition) is 12. The summed E-state index contributed by atoms with van der Waals surface area (Å²) < 4.78 is 25.9. The minimum Gasteiger partial charge on any atom is -0.453 e. The number of methoxy groups -OCH3 is 2. The Bertz CT molecular complexity index is 1740. The molecule has 0 aliphatic carbocycles. The van der Waals surface area contributed by atoms with Gasteiger partial charge in [0, 0.05) is 32.0 Å². The van der Waals surface area contributed by atoms with Crippen molar-refractivity contribution >= 4 is 24.0 Å². The summed E-state index contributed by atoms with van der Waals surface area (Å²) >= 11 is 0. The lowest BCUT2D eigenvalue weighted by atomic mass is 9.85. The highest BCUT2D eigenvalue weighted by atomic mass is 16.6. The van der Waals surface area contributed by atoms with Gasteiger partial charge in [0.05, 0.1) is 58.0 Å². The Kier molecular flexibility index (Phi) is 20.4. The summed E-state index contributed by atoms with van der Waals surface area (Å²) in [7, 11) is 2.81. The fourth-order valence-corrected chi connectivity index (χ4v) is 6.02. The third-order valence-electron chi connectivity index (χ3n) is 9.29. The fourth-order valence-electron chi connectivity index (χ4n) is 6.02. The average Bonchev–Trinajstić information content (AvgIpc) is 3.20. The van der Waals surface area contributed by atoms with Crippen molar-refractivity contribution in [2.45, 2.75) is 78.7 Å². The zero-order valence-corrected chi connectivity index (χ0v) is 36.2. The Morgan fingerprint density at radius 1 is 0.683 bits per heavy atom. The van der Waals surface area contributed by atoms with Crippen LogP contribution >= 0.6 is 0 Å². The van der Waals surface area contributed by atoms with Gasteiger partial charge in [0.25, 0.3) is 5.91 Å². The molecule has 4 atom stereocenters. The lowest BCUT2D eigenvalue weighted by Gasteiger charge is -2.35. The Labute approximate surface area is 354 Å². The molecule has 0 saturated heterocycles. The van der Waals surface area contributed by atoms with Gasteiger partial charge in [0.15, 0.2) is 0 Å². The first-order valence-corrected chi connectivity index (χ1v) is 20.0. The fraction of sp³-hybridized carbons (Fsp3) is 0.523. The molecule has 0 radical (unpaired) electrons. The molecule has 330 valence electrons. The number of nitrogens with zero attached hydrogens (tertiary/aromatic N) is 2. The van der Waals surface area contributed by atoms with Crippen LogP contribution in [0.15, 0.2) is 79.0 Å². The smallest absolute Gasteiger partial charge is 0.407 e. The SMILES string of the molecule is COCCOCCOCCOC(=O)N[C@H](C(=O)N[C@@H](Cc1ccccc1)[C@@H](O)CN(Cc1ccc(-c2ccccn2)cc1)NC(=O)[C@@H](NC(=O)OC)C(C)(C)C)C(C)(C)C. The van der Waals surface area contributed by atoms with Crippen molar-refractivity contribution in [1.29, 1.82) is 0 Å². The lowest BCUT2D eigenvalue weighted by molar-refractivity contribution is -0.132. The van der Waals surface area contributed by atoms with Crippen molar-refractivity contribution in [2.75, 3.05) is 60.4 Å². The third-order valence-corrected chi connectivity index (χ3v) is 9.29. The van der Waals surface area contributed by atoms with Gasteiger partial charge in [-0.1, -0.05) is 102 Å². The number of rotatable bonds is 23. The van der Waals surface area contributed by atoms with Crippen LogP contribution in [0.5, 0.6) is 0 Å². The van der Waals surface area contributed by atoms with Crippen molar-refractivity contribution < 1.29 is 48.0 Å². The summed E-state index contributed by atoms with van der Waals surface area (Å²) in [6.07, 6.45) is -0.898. The predicted octanol–water partition coefficient (Wildman–Crippen LogP) is 4.26. The van der Waals surface area contributed by atoms with Crippen LogP contribution in [-0.4, -0.2) is 124 Å². The van der Waals surface area contributed by atoms with E-state index in [1.807, 2.05) is 72.8 Å². The van der Waals surface area contributed by atoms with Gasteiger partial charge in [-0.25, -0.2) is 14.6 Å². The van der Waals surface area contributed by atoms with E-state index in [0.717, 1.165) is 22.4 Å². The number of carbonyl (C=O) groups excluding carboxylic acids is 4. The molecule has 3 rings (SSSR count). The molecule has 0 aliphatic rings. The van der Waals surface area contributed by atoms with Crippen LogP contribution in [0.25, 0.3) is 11.3 Å². The number of nitrogens with one attached hydrogen (secondary N) is 4. The number of hydrazine groups is 1. The molecule has 0 fully saturated rings. The van der Waals surface area contributed by atoms with E-state index in [1.54, 1.807) is 59.9 Å². The summed E-state index contributed by atoms with van der Waals surface area (Å²) in [5, 5.41) is 21.9. The molecule has 3 aromatic rings. The molecule has 0 spiro atoms. The highest BCUT2D eigenvalue weighted by Gasteiger charge is 2.37. The van der Waals surface area contributed by atoms with E-state index < -0.39 is 59.1 Å². The van der Waals surface area contributed by atoms with E-state index in [-0.39, 0.29) is 32.7 Å². The maximum atomic E-state index is 14.1. The second-order valence-corrected chi connectivity index (χ2v) is 16.4. The number of carbonyl (C=O) groups is 4. The van der Waals surface area contributed by atoms with E-state index in [0.29, 0.717) is 26.4 Å². The Morgan fingerprint density at radius 2 is 1.27 bits per heavy atom. The first kappa shape index (κ1) is 49.2. The molecular weight excluding hydrogens is 773 g/mol. The molecule has 5 N–H and O–H groups in total. The van der Waals surface area contributed by atoms with Crippen molar-refractivity contribution in [2.24, 2.45) is 10.8 Å². The lowest BCUT2D eigenvalue weighted by Crippen LogP contribution is -2.61. The molecule has 0 bridgehead atoms. The number of benzene rings is 2. The molecule has 16 heteroatoms. The van der Waals surface area contributed by atoms with Crippen LogP contribution in [0.2, 0.25) is 0 Å². The molecule has 4 amide bonds. The molecule has 0 saturated carbocycles. The molecule has 60 heavy (non-hydrogen) atoms. The van der Waals surface area contributed by atoms with Crippen LogP contribution in [-0.2, 0) is 46.2 Å². The van der Waals surface area contributed by atoms with Crippen molar-refractivity contribution in [1.82, 2.24) is 31.4 Å². The average molecular weight is 837 g/mol. The van der Waals surface area contributed by atoms with Gasteiger partial charge in [0.2, 0.25) is 5.91 Å². The van der Waals surface area contributed by atoms with Crippen LogP contribution in [0.3, 0.4) is 0 Å². The number of pyridine rings is 1. The van der Waals surface area contributed by atoms with Gasteiger partial charge in [-0.15, -0.1) is 0 Å². The highest BCUT2D eigenvalue weighted by Crippen LogP contribution is 2.23. The van der Waals surface area contributed by atoms with Crippen LogP contribution < -0.4 is 21.4 Å². The van der Waals surface area contributed by atoms with Crippen molar-refractivity contribution in [3.63, 3.8) is 0 Å². The standard InChI is InChI=1S/C44H64N6O10/c1-43(2,3)37(48-42(55)60-27-26-59-25-24-58-23-22-56-7)39(52)46-35(28-31-14-10-9-11-15-31)36(51)30-50(49-40(53)38(44(4,5)6)47-41(54)57-8)29-32-17-19-33(20-18-32)34-16-12-13-21-45-34/h9-21,35-38,51H,22-30H2,1-8H3,(H,46,52)(H,47,54)(H,48,55)(H,49,53)/t35-,36-,37+,38+/m0/s1. The number of aliphatic hydroxyl groups is 1. The summed E-state index contributed by atoms with van der Waals surface area (Å²) in [5.41, 5.74) is 4.75. The number of aromatic nitrogens is 1. The van der Waals surface area contributed by atoms with E-state index in [2.05, 4.69) is 26.4 Å². The van der Waals surface area contributed by atoms with Gasteiger partial charge < -0.3 is 44.7 Å². The van der Waals surface area contributed by atoms with E-state index >= 15 is 0 Å². The quantitative estimate of drug-likeness (QED) is 0.0673. The maximum absolute atomic E-state index is 14.1. The van der Waals surface area contributed by atoms with E-state index in [1.165, 1.54) is 7.11 Å². The molecular formula is C44H64N6O10. The zero-order valence-electron chi connectivity index (χ0n) is 36.2. The largest absolute Gasteiger partial charge is 0.453 e. The van der Waals surface area contributed by atoms with E-state index in [9.17, 15) is 24.3 Å². The Morgan fingerprint density at radius 3 is 1.85 bits per heavy atom. The normalized spacial score (nSPS) is 13.7. The molecule has 1 heterocycles. The Balaban J connectivity index is 1.83. The topological polar surface area (TPSA) is 199 Å². The third kappa shape index (κ3) is 17.6. The summed E-state index contributed by atoms with van der Waals surface area (Å²) in [4.78, 5) is 57.7. The number of ether oxygens (including phenoxy) is 5. The first-order chi connectivity index (χ1) is 28.5. The van der Waals surface area contributed by atoms with Crippen molar-refractivity contribution in [3.05, 3.63) is 90.1 Å². The summed E-state index contributed by atoms with van der Waals surface area (Å²) in [6.45, 7) is 12.5. The molecule has 1 aromatic heterocycles. The molecule has 2 aromatic carbocycles. The first-order valence-electron chi connectivity index (χ1n) is 20.0. The van der Waals surface area contributed by atoms with Crippen LogP contribution in [0, 0.1) is 10.8 Å². The minimum atomic E-state index is -1.26. The maximum Gasteiger partial charge on any atom is 0.407 e. The van der Waals surface area contributed by atoms with Gasteiger partial charge in [-0.05, 0) is 40.5 Å². The van der Waals surface area contributed by atoms with Crippen LogP contribution in [0.1, 0.15) is 52.7 Å². The second kappa shape index (κ2) is 24.8. The van der Waals surface area contributed by atoms with Gasteiger partial charge in [0.1, 0.15) is 18.7 Å². The predicted molar refractivity (Wildman–Crippen MR) is 226 cm³/mol. The summed E-state index contributed by atoms with van der Waals surface area (Å²) in [5.74, 6) is -1.08. The molecule has 0 unspecified atom stereocenters. The monoisotopic (exact) mass is 836 g/mol. The van der Waals surface area contributed by atoms with E-state index in [4.69, 9.17) is 23.7 Å². The number of amides is 4. The van der Waals surface area contributed by atoms with Gasteiger partial charge in [-0.2, -0.15) is 0 Å². The number of hydrogen-bond donors (Lipinski definition) is 5. The van der Waals surface area contributed by atoms with Gasteiger partial charge in [-0.3, -0.25) is 20.0 Å². The number of alkyl carbamates (subject to hydrolysis) is 2. The highest BCUT2D eigenvalue weighted by molar-refractivity contribution is 5.87.